The molecule has 0 amide bonds. The third-order valence-electron chi connectivity index (χ3n) is 6.33. The van der Waals surface area contributed by atoms with Crippen molar-refractivity contribution in [1.82, 2.24) is 15.3 Å². The number of unbranched alkanes of at least 4 members (excludes halogenated alkanes) is 1. The molecule has 2 aromatic rings. The molecule has 2 heterocycles. The molecule has 1 aromatic carbocycles. The predicted octanol–water partition coefficient (Wildman–Crippen LogP) is 2.52. The van der Waals surface area contributed by atoms with Gasteiger partial charge < -0.3 is 36.3 Å². The first-order valence-electron chi connectivity index (χ1n) is 12.7. The van der Waals surface area contributed by atoms with Gasteiger partial charge >= 0.3 is 0 Å². The summed E-state index contributed by atoms with van der Waals surface area (Å²) in [5, 5.41) is 13.1. The van der Waals surface area contributed by atoms with E-state index in [9.17, 15) is 5.11 Å². The molecule has 1 fully saturated rings. The SMILES string of the molecule is CCCCN(CCO)c1nc(N)nc(C=NCc2ccc(CNC3CCOC(C)C3)cc2OC)c1N. The van der Waals surface area contributed by atoms with Gasteiger partial charge in [0.2, 0.25) is 5.95 Å². The van der Waals surface area contributed by atoms with Crippen LogP contribution in [0.2, 0.25) is 0 Å². The van der Waals surface area contributed by atoms with Gasteiger partial charge in [-0.1, -0.05) is 25.5 Å². The lowest BCUT2D eigenvalue weighted by molar-refractivity contribution is 0.0130. The van der Waals surface area contributed by atoms with E-state index < -0.39 is 0 Å². The molecule has 0 aliphatic carbocycles. The molecule has 6 N–H and O–H groups in total. The van der Waals surface area contributed by atoms with Gasteiger partial charge in [-0.2, -0.15) is 4.98 Å². The van der Waals surface area contributed by atoms with Crippen LogP contribution in [0.5, 0.6) is 5.75 Å². The Labute approximate surface area is 214 Å². The lowest BCUT2D eigenvalue weighted by Gasteiger charge is -2.28. The number of hydrogen-bond donors (Lipinski definition) is 4. The molecule has 1 aliphatic heterocycles. The Kier molecular flexibility index (Phi) is 10.7. The Morgan fingerprint density at radius 3 is 2.86 bits per heavy atom. The molecule has 1 saturated heterocycles. The smallest absolute Gasteiger partial charge is 0.222 e. The van der Waals surface area contributed by atoms with E-state index in [1.165, 1.54) is 0 Å². The Hall–Kier alpha value is -2.95. The molecule has 2 unspecified atom stereocenters. The highest BCUT2D eigenvalue weighted by molar-refractivity contribution is 5.89. The van der Waals surface area contributed by atoms with Crippen molar-refractivity contribution in [3.8, 4) is 5.75 Å². The van der Waals surface area contributed by atoms with Crippen molar-refractivity contribution in [3.05, 3.63) is 35.0 Å². The van der Waals surface area contributed by atoms with Crippen LogP contribution in [0.25, 0.3) is 0 Å². The number of ether oxygens (including phenoxy) is 2. The van der Waals surface area contributed by atoms with Crippen LogP contribution in [0.3, 0.4) is 0 Å². The Bertz CT molecular complexity index is 1000. The molecule has 10 nitrogen and oxygen atoms in total. The topological polar surface area (TPSA) is 144 Å². The summed E-state index contributed by atoms with van der Waals surface area (Å²) in [5.41, 5.74) is 15.3. The van der Waals surface area contributed by atoms with Gasteiger partial charge in [0.25, 0.3) is 0 Å². The second-order valence-corrected chi connectivity index (χ2v) is 9.17. The zero-order valence-corrected chi connectivity index (χ0v) is 21.7. The third-order valence-corrected chi connectivity index (χ3v) is 6.33. The minimum atomic E-state index is -0.00398. The Balaban J connectivity index is 1.68. The van der Waals surface area contributed by atoms with Crippen LogP contribution in [-0.4, -0.2) is 66.8 Å². The summed E-state index contributed by atoms with van der Waals surface area (Å²) >= 11 is 0. The highest BCUT2D eigenvalue weighted by atomic mass is 16.5. The normalized spacial score (nSPS) is 18.0. The monoisotopic (exact) mass is 499 g/mol. The number of benzene rings is 1. The first kappa shape index (κ1) is 27.6. The van der Waals surface area contributed by atoms with Gasteiger partial charge in [-0.05, 0) is 37.8 Å². The molecule has 0 spiro atoms. The van der Waals surface area contributed by atoms with Crippen LogP contribution in [0.4, 0.5) is 17.5 Å². The molecule has 3 rings (SSSR count). The second kappa shape index (κ2) is 14.0. The number of aliphatic hydroxyl groups excluding tert-OH is 1. The van der Waals surface area contributed by atoms with Crippen LogP contribution in [-0.2, 0) is 17.8 Å². The maximum atomic E-state index is 9.47. The summed E-state index contributed by atoms with van der Waals surface area (Å²) in [7, 11) is 1.67. The third kappa shape index (κ3) is 7.78. The van der Waals surface area contributed by atoms with E-state index in [1.807, 2.05) is 11.0 Å². The number of aliphatic imine (C=N–C) groups is 1. The summed E-state index contributed by atoms with van der Waals surface area (Å²) in [6.45, 7) is 7.36. The van der Waals surface area contributed by atoms with Gasteiger partial charge in [-0.25, -0.2) is 4.98 Å². The number of hydrogen-bond acceptors (Lipinski definition) is 10. The number of nitrogens with two attached hydrogens (primary N) is 2. The van der Waals surface area contributed by atoms with Crippen molar-refractivity contribution in [2.75, 3.05) is 49.8 Å². The average molecular weight is 500 g/mol. The molecular weight excluding hydrogens is 458 g/mol. The minimum absolute atomic E-state index is 0.00398. The number of methoxy groups -OCH3 is 1. The lowest BCUT2D eigenvalue weighted by Crippen LogP contribution is -2.37. The van der Waals surface area contributed by atoms with E-state index in [1.54, 1.807) is 13.3 Å². The summed E-state index contributed by atoms with van der Waals surface area (Å²) < 4.78 is 11.3. The lowest BCUT2D eigenvalue weighted by atomic mass is 10.0. The molecule has 0 radical (unpaired) electrons. The van der Waals surface area contributed by atoms with Crippen molar-refractivity contribution >= 4 is 23.7 Å². The van der Waals surface area contributed by atoms with Gasteiger partial charge in [-0.15, -0.1) is 0 Å². The molecule has 1 aliphatic rings. The van der Waals surface area contributed by atoms with Crippen molar-refractivity contribution in [2.45, 2.75) is 64.8 Å². The summed E-state index contributed by atoms with van der Waals surface area (Å²) in [5.74, 6) is 1.43. The van der Waals surface area contributed by atoms with Crippen molar-refractivity contribution in [3.63, 3.8) is 0 Å². The van der Waals surface area contributed by atoms with E-state index in [2.05, 4.69) is 46.3 Å². The number of nitrogen functional groups attached to an aromatic ring is 2. The van der Waals surface area contributed by atoms with E-state index in [4.69, 9.17) is 20.9 Å². The summed E-state index contributed by atoms with van der Waals surface area (Å²) in [6.07, 6.45) is 5.95. The number of rotatable bonds is 13. The van der Waals surface area contributed by atoms with E-state index in [0.29, 0.717) is 42.4 Å². The van der Waals surface area contributed by atoms with Crippen molar-refractivity contribution in [1.29, 1.82) is 0 Å². The van der Waals surface area contributed by atoms with Crippen molar-refractivity contribution in [2.24, 2.45) is 4.99 Å². The molecule has 10 heteroatoms. The number of nitrogens with zero attached hydrogens (tertiary/aromatic N) is 4. The molecule has 0 bridgehead atoms. The van der Waals surface area contributed by atoms with Crippen LogP contribution >= 0.6 is 0 Å². The van der Waals surface area contributed by atoms with E-state index >= 15 is 0 Å². The zero-order valence-electron chi connectivity index (χ0n) is 21.7. The number of aliphatic hydroxyl groups is 1. The van der Waals surface area contributed by atoms with Gasteiger partial charge in [0.15, 0.2) is 5.82 Å². The van der Waals surface area contributed by atoms with E-state index in [-0.39, 0.29) is 12.6 Å². The number of nitrogens with one attached hydrogen (secondary N) is 1. The molecule has 0 saturated carbocycles. The summed E-state index contributed by atoms with van der Waals surface area (Å²) in [6, 6.07) is 6.65. The maximum absolute atomic E-state index is 9.47. The fraction of sp³-hybridized carbons (Fsp3) is 0.577. The Morgan fingerprint density at radius 1 is 1.31 bits per heavy atom. The fourth-order valence-electron chi connectivity index (χ4n) is 4.33. The largest absolute Gasteiger partial charge is 0.496 e. The van der Waals surface area contributed by atoms with Gasteiger partial charge in [0, 0.05) is 44.1 Å². The molecule has 198 valence electrons. The predicted molar refractivity (Wildman–Crippen MR) is 145 cm³/mol. The standard InChI is InChI=1S/C26H41N7O3/c1-4-5-9-33(10-11-34)25-24(27)22(31-26(28)32-25)17-29-16-20-7-6-19(14-23(20)35-3)15-30-21-8-12-36-18(2)13-21/h6-7,14,17-18,21,30,34H,4-5,8-13,15-16,27H2,1-3H3,(H2,28,31,32). The van der Waals surface area contributed by atoms with Crippen LogP contribution < -0.4 is 26.4 Å². The van der Waals surface area contributed by atoms with Crippen LogP contribution in [0.1, 0.15) is 56.4 Å². The average Bonchev–Trinajstić information content (AvgIpc) is 2.87. The van der Waals surface area contributed by atoms with Crippen LogP contribution in [0.15, 0.2) is 23.2 Å². The first-order chi connectivity index (χ1) is 17.4. The number of anilines is 3. The molecule has 2 atom stereocenters. The highest BCUT2D eigenvalue weighted by Gasteiger charge is 2.19. The second-order valence-electron chi connectivity index (χ2n) is 9.17. The number of aromatic nitrogens is 2. The minimum Gasteiger partial charge on any atom is -0.496 e. The Morgan fingerprint density at radius 2 is 2.14 bits per heavy atom. The molecule has 1 aromatic heterocycles. The van der Waals surface area contributed by atoms with Crippen LogP contribution in [0, 0.1) is 0 Å². The van der Waals surface area contributed by atoms with Gasteiger partial charge in [0.05, 0.1) is 26.4 Å². The quantitative estimate of drug-likeness (QED) is 0.306. The summed E-state index contributed by atoms with van der Waals surface area (Å²) in [4.78, 5) is 15.1. The maximum Gasteiger partial charge on any atom is 0.222 e. The molecule has 36 heavy (non-hydrogen) atoms. The molecular formula is C26H41N7O3. The first-order valence-corrected chi connectivity index (χ1v) is 12.7. The van der Waals surface area contributed by atoms with E-state index in [0.717, 1.165) is 62.3 Å². The van der Waals surface area contributed by atoms with Gasteiger partial charge in [0.1, 0.15) is 17.1 Å². The zero-order chi connectivity index (χ0) is 25.9. The fourth-order valence-corrected chi connectivity index (χ4v) is 4.33. The van der Waals surface area contributed by atoms with Gasteiger partial charge in [-0.3, -0.25) is 4.99 Å². The highest BCUT2D eigenvalue weighted by Crippen LogP contribution is 2.25. The van der Waals surface area contributed by atoms with Crippen molar-refractivity contribution < 1.29 is 14.6 Å².